The second kappa shape index (κ2) is 8.09. The van der Waals surface area contributed by atoms with Gasteiger partial charge in [-0.05, 0) is 48.2 Å². The lowest BCUT2D eigenvalue weighted by Crippen LogP contribution is -2.22. The zero-order valence-corrected chi connectivity index (χ0v) is 17.9. The van der Waals surface area contributed by atoms with Crippen molar-refractivity contribution in [3.8, 4) is 17.1 Å². The van der Waals surface area contributed by atoms with Crippen LogP contribution >= 0.6 is 23.1 Å². The molecule has 0 unspecified atom stereocenters. The molecule has 6 nitrogen and oxygen atoms in total. The van der Waals surface area contributed by atoms with Crippen molar-refractivity contribution in [2.24, 2.45) is 0 Å². The Labute approximate surface area is 184 Å². The van der Waals surface area contributed by atoms with Crippen LogP contribution in [0.5, 0.6) is 0 Å². The Morgan fingerprint density at radius 1 is 1.16 bits per heavy atom. The molecule has 5 aromatic rings. The fourth-order valence-electron chi connectivity index (χ4n) is 3.11. The normalized spacial score (nSPS) is 11.3. The molecular formula is C22H15FN4O2S2. The molecule has 3 heterocycles. The van der Waals surface area contributed by atoms with Crippen molar-refractivity contribution in [2.75, 3.05) is 0 Å². The van der Waals surface area contributed by atoms with Crippen molar-refractivity contribution in [1.29, 1.82) is 0 Å². The Morgan fingerprint density at radius 2 is 2.03 bits per heavy atom. The summed E-state index contributed by atoms with van der Waals surface area (Å²) in [6.07, 6.45) is 0. The van der Waals surface area contributed by atoms with Gasteiger partial charge in [0.05, 0.1) is 22.3 Å². The van der Waals surface area contributed by atoms with E-state index in [2.05, 4.69) is 15.1 Å². The van der Waals surface area contributed by atoms with Gasteiger partial charge in [0.2, 0.25) is 11.7 Å². The maximum Gasteiger partial charge on any atom is 0.266 e. The Hall–Kier alpha value is -3.30. The summed E-state index contributed by atoms with van der Waals surface area (Å²) in [5, 5.41) is 8.77. The largest absolute Gasteiger partial charge is 0.338 e. The molecule has 0 N–H and O–H groups in total. The van der Waals surface area contributed by atoms with Gasteiger partial charge in [0.15, 0.2) is 5.16 Å². The van der Waals surface area contributed by atoms with E-state index in [0.717, 1.165) is 5.56 Å². The molecular weight excluding hydrogens is 435 g/mol. The zero-order valence-electron chi connectivity index (χ0n) is 16.3. The standard InChI is InChI=1S/C22H15FN4O2S2/c1-13-6-7-15(10-17(13)23)27-21(28)16-4-2-3-5-18(16)24-22(27)31-12-19-25-20(26-29-19)14-8-9-30-11-14/h2-11H,12H2,1H3. The summed E-state index contributed by atoms with van der Waals surface area (Å²) in [4.78, 5) is 22.3. The average Bonchev–Trinajstić information content (AvgIpc) is 3.46. The number of fused-ring (bicyclic) bond motifs is 1. The highest BCUT2D eigenvalue weighted by atomic mass is 32.2. The van der Waals surface area contributed by atoms with Gasteiger partial charge in [0.1, 0.15) is 5.82 Å². The van der Waals surface area contributed by atoms with Crippen LogP contribution in [0.15, 0.2) is 73.8 Å². The summed E-state index contributed by atoms with van der Waals surface area (Å²) in [5.41, 5.74) is 2.12. The topological polar surface area (TPSA) is 73.8 Å². The summed E-state index contributed by atoms with van der Waals surface area (Å²) in [7, 11) is 0. The van der Waals surface area contributed by atoms with Gasteiger partial charge in [-0.15, -0.1) is 0 Å². The van der Waals surface area contributed by atoms with Crippen molar-refractivity contribution >= 4 is 34.0 Å². The first kappa shape index (κ1) is 19.7. The predicted molar refractivity (Wildman–Crippen MR) is 119 cm³/mol. The number of nitrogens with zero attached hydrogens (tertiary/aromatic N) is 4. The van der Waals surface area contributed by atoms with Gasteiger partial charge in [-0.3, -0.25) is 9.36 Å². The van der Waals surface area contributed by atoms with E-state index in [1.54, 1.807) is 48.6 Å². The van der Waals surface area contributed by atoms with Gasteiger partial charge in [0.25, 0.3) is 5.56 Å². The molecule has 0 amide bonds. The highest BCUT2D eigenvalue weighted by molar-refractivity contribution is 7.98. The minimum absolute atomic E-state index is 0.263. The number of thioether (sulfide) groups is 1. The molecule has 2 aromatic carbocycles. The molecule has 0 aliphatic carbocycles. The molecule has 5 rings (SSSR count). The monoisotopic (exact) mass is 450 g/mol. The number of thiophene rings is 1. The van der Waals surface area contributed by atoms with Crippen LogP contribution in [0.4, 0.5) is 4.39 Å². The molecule has 9 heteroatoms. The van der Waals surface area contributed by atoms with Gasteiger partial charge in [-0.25, -0.2) is 9.37 Å². The Morgan fingerprint density at radius 3 is 2.84 bits per heavy atom. The Bertz CT molecular complexity index is 1440. The molecule has 0 atom stereocenters. The third-order valence-corrected chi connectivity index (χ3v) is 6.34. The molecule has 0 saturated heterocycles. The first-order chi connectivity index (χ1) is 15.1. The summed E-state index contributed by atoms with van der Waals surface area (Å²) in [5.74, 6) is 0.860. The van der Waals surface area contributed by atoms with Gasteiger partial charge < -0.3 is 4.52 Å². The maximum absolute atomic E-state index is 14.3. The van der Waals surface area contributed by atoms with Crippen molar-refractivity contribution in [3.63, 3.8) is 0 Å². The summed E-state index contributed by atoms with van der Waals surface area (Å²) >= 11 is 2.83. The number of hydrogen-bond donors (Lipinski definition) is 0. The van der Waals surface area contributed by atoms with Gasteiger partial charge >= 0.3 is 0 Å². The van der Waals surface area contributed by atoms with Gasteiger partial charge in [-0.1, -0.05) is 35.1 Å². The van der Waals surface area contributed by atoms with Crippen LogP contribution in [0.3, 0.4) is 0 Å². The number of halogens is 1. The van der Waals surface area contributed by atoms with E-state index < -0.39 is 0 Å². The lowest BCUT2D eigenvalue weighted by molar-refractivity contribution is 0.391. The van der Waals surface area contributed by atoms with Crippen LogP contribution in [0.2, 0.25) is 0 Å². The van der Waals surface area contributed by atoms with Crippen molar-refractivity contribution in [2.45, 2.75) is 17.8 Å². The highest BCUT2D eigenvalue weighted by Crippen LogP contribution is 2.26. The maximum atomic E-state index is 14.3. The molecule has 31 heavy (non-hydrogen) atoms. The first-order valence-corrected chi connectivity index (χ1v) is 11.3. The molecule has 3 aromatic heterocycles. The van der Waals surface area contributed by atoms with Crippen molar-refractivity contribution < 1.29 is 8.91 Å². The Balaban J connectivity index is 1.55. The molecule has 0 bridgehead atoms. The molecule has 0 aliphatic rings. The number of aryl methyl sites for hydroxylation is 1. The Kier molecular flexibility index (Phi) is 5.13. The number of aromatic nitrogens is 4. The van der Waals surface area contributed by atoms with Crippen LogP contribution in [-0.4, -0.2) is 19.7 Å². The third-order valence-electron chi connectivity index (χ3n) is 4.73. The van der Waals surface area contributed by atoms with Crippen LogP contribution in [0, 0.1) is 12.7 Å². The SMILES string of the molecule is Cc1ccc(-n2c(SCc3nc(-c4ccsc4)no3)nc3ccccc3c2=O)cc1F. The number of hydrogen-bond acceptors (Lipinski definition) is 7. The van der Waals surface area contributed by atoms with Crippen LogP contribution in [0.25, 0.3) is 28.0 Å². The van der Waals surface area contributed by atoms with E-state index in [1.807, 2.05) is 22.9 Å². The summed E-state index contributed by atoms with van der Waals surface area (Å²) in [6.45, 7) is 1.68. The third kappa shape index (κ3) is 3.77. The summed E-state index contributed by atoms with van der Waals surface area (Å²) in [6, 6.07) is 13.7. The second-order valence-electron chi connectivity index (χ2n) is 6.80. The van der Waals surface area contributed by atoms with Crippen LogP contribution in [-0.2, 0) is 5.75 Å². The first-order valence-electron chi connectivity index (χ1n) is 9.36. The fourth-order valence-corrected chi connectivity index (χ4v) is 4.59. The van der Waals surface area contributed by atoms with E-state index in [4.69, 9.17) is 4.52 Å². The van der Waals surface area contributed by atoms with Gasteiger partial charge in [0, 0.05) is 10.9 Å². The second-order valence-corrected chi connectivity index (χ2v) is 8.52. The smallest absolute Gasteiger partial charge is 0.266 e. The van der Waals surface area contributed by atoms with Crippen LogP contribution in [0.1, 0.15) is 11.5 Å². The van der Waals surface area contributed by atoms with E-state index in [1.165, 1.54) is 22.4 Å². The molecule has 154 valence electrons. The molecule has 0 aliphatic heterocycles. The molecule has 0 saturated carbocycles. The van der Waals surface area contributed by atoms with Gasteiger partial charge in [-0.2, -0.15) is 16.3 Å². The van der Waals surface area contributed by atoms with E-state index in [-0.39, 0.29) is 11.4 Å². The molecule has 0 fully saturated rings. The van der Waals surface area contributed by atoms with Crippen LogP contribution < -0.4 is 5.56 Å². The molecule has 0 radical (unpaired) electrons. The minimum atomic E-state index is -0.384. The van der Waals surface area contributed by atoms with E-state index >= 15 is 0 Å². The number of benzene rings is 2. The van der Waals surface area contributed by atoms with Crippen molar-refractivity contribution in [3.05, 3.63) is 86.9 Å². The quantitative estimate of drug-likeness (QED) is 0.269. The summed E-state index contributed by atoms with van der Waals surface area (Å²) < 4.78 is 21.0. The number of rotatable bonds is 5. The molecule has 0 spiro atoms. The zero-order chi connectivity index (χ0) is 21.4. The highest BCUT2D eigenvalue weighted by Gasteiger charge is 2.16. The minimum Gasteiger partial charge on any atom is -0.338 e. The lowest BCUT2D eigenvalue weighted by atomic mass is 10.2. The lowest BCUT2D eigenvalue weighted by Gasteiger charge is -2.13. The predicted octanol–water partition coefficient (Wildman–Crippen LogP) is 5.24. The van der Waals surface area contributed by atoms with E-state index in [0.29, 0.717) is 44.8 Å². The van der Waals surface area contributed by atoms with Crippen molar-refractivity contribution in [1.82, 2.24) is 19.7 Å². The average molecular weight is 451 g/mol. The van der Waals surface area contributed by atoms with E-state index in [9.17, 15) is 9.18 Å². The number of para-hydroxylation sites is 1. The fraction of sp³-hybridized carbons (Fsp3) is 0.0909.